The molecule has 0 aliphatic carbocycles. The number of fused-ring (bicyclic) bond motifs is 1. The van der Waals surface area contributed by atoms with Crippen LogP contribution in [0.2, 0.25) is 0 Å². The van der Waals surface area contributed by atoms with Crippen molar-refractivity contribution in [1.29, 1.82) is 0 Å². The van der Waals surface area contributed by atoms with Gasteiger partial charge in [-0.25, -0.2) is 4.79 Å². The third-order valence-electron chi connectivity index (χ3n) is 5.46. The quantitative estimate of drug-likeness (QED) is 0.335. The Bertz CT molecular complexity index is 1050. The van der Waals surface area contributed by atoms with Crippen molar-refractivity contribution in [3.63, 3.8) is 0 Å². The molecule has 1 unspecified atom stereocenters. The van der Waals surface area contributed by atoms with Crippen molar-refractivity contribution < 1.29 is 9.84 Å². The molecule has 0 amide bonds. The first-order valence-corrected chi connectivity index (χ1v) is 10.2. The van der Waals surface area contributed by atoms with Gasteiger partial charge in [-0.3, -0.25) is 4.57 Å². The molecule has 0 radical (unpaired) electrons. The van der Waals surface area contributed by atoms with E-state index in [9.17, 15) is 9.90 Å². The molecule has 2 aromatic heterocycles. The summed E-state index contributed by atoms with van der Waals surface area (Å²) in [7, 11) is 0. The molecular formula is C21H28N6O3. The molecule has 0 bridgehead atoms. The summed E-state index contributed by atoms with van der Waals surface area (Å²) < 4.78 is 7.34. The van der Waals surface area contributed by atoms with Crippen LogP contribution in [0.1, 0.15) is 30.2 Å². The number of aromatic amines is 1. The van der Waals surface area contributed by atoms with Crippen LogP contribution >= 0.6 is 0 Å². The van der Waals surface area contributed by atoms with E-state index in [4.69, 9.17) is 16.2 Å². The predicted octanol–water partition coefficient (Wildman–Crippen LogP) is 0.302. The minimum absolute atomic E-state index is 0.112. The number of hydrogen-bond donors (Lipinski definition) is 5. The molecule has 160 valence electrons. The first-order valence-electron chi connectivity index (χ1n) is 10.2. The maximum atomic E-state index is 12.6. The number of aliphatic hydroxyl groups excluding tert-OH is 1. The van der Waals surface area contributed by atoms with Crippen LogP contribution < -0.4 is 22.5 Å². The average Bonchev–Trinajstić information content (AvgIpc) is 3.33. The molecule has 1 fully saturated rings. The number of aliphatic hydroxyl groups is 1. The number of nitrogens with two attached hydrogens (primary N) is 2. The predicted molar refractivity (Wildman–Crippen MR) is 114 cm³/mol. The van der Waals surface area contributed by atoms with E-state index in [1.54, 1.807) is 6.20 Å². The van der Waals surface area contributed by atoms with Crippen LogP contribution in [0, 0.1) is 0 Å². The van der Waals surface area contributed by atoms with Gasteiger partial charge in [-0.15, -0.1) is 0 Å². The van der Waals surface area contributed by atoms with Gasteiger partial charge < -0.3 is 31.6 Å². The number of benzene rings is 1. The lowest BCUT2D eigenvalue weighted by molar-refractivity contribution is 0.00577. The van der Waals surface area contributed by atoms with Gasteiger partial charge >= 0.3 is 5.69 Å². The number of H-pyrrole nitrogens is 1. The zero-order valence-electron chi connectivity index (χ0n) is 16.8. The molecule has 1 saturated heterocycles. The lowest BCUT2D eigenvalue weighted by atomic mass is 10.1. The highest BCUT2D eigenvalue weighted by molar-refractivity contribution is 5.76. The molecule has 1 aliphatic rings. The standard InChI is InChI=1S/C21H28N6O3/c22-6-1-7-24-10-13-2-4-15(5-3-13)27-11-14-8-17(25-20(14)26-21(27)29)18-9-16(23)19(12-28)30-18/h2-5,8,11,16,18-19,24,28H,1,6-7,9-10,12,22-23H2,(H,25,26,29)/t16-,18?,19-/m1/s1. The highest BCUT2D eigenvalue weighted by Crippen LogP contribution is 2.32. The van der Waals surface area contributed by atoms with Gasteiger partial charge in [-0.1, -0.05) is 12.1 Å². The summed E-state index contributed by atoms with van der Waals surface area (Å²) in [6, 6.07) is 9.51. The Morgan fingerprint density at radius 3 is 2.83 bits per heavy atom. The van der Waals surface area contributed by atoms with Crippen LogP contribution in [0.3, 0.4) is 0 Å². The summed E-state index contributed by atoms with van der Waals surface area (Å²) in [5.74, 6) is 0. The first kappa shape index (κ1) is 20.7. The van der Waals surface area contributed by atoms with E-state index in [0.29, 0.717) is 18.6 Å². The number of rotatable bonds is 8. The van der Waals surface area contributed by atoms with Gasteiger partial charge in [0.25, 0.3) is 0 Å². The highest BCUT2D eigenvalue weighted by Gasteiger charge is 2.34. The number of ether oxygens (including phenoxy) is 1. The Morgan fingerprint density at radius 1 is 1.33 bits per heavy atom. The topological polar surface area (TPSA) is 144 Å². The van der Waals surface area contributed by atoms with E-state index in [1.807, 2.05) is 30.3 Å². The maximum absolute atomic E-state index is 12.6. The van der Waals surface area contributed by atoms with E-state index in [2.05, 4.69) is 15.3 Å². The third-order valence-corrected chi connectivity index (χ3v) is 5.46. The second-order valence-electron chi connectivity index (χ2n) is 7.65. The monoisotopic (exact) mass is 412 g/mol. The summed E-state index contributed by atoms with van der Waals surface area (Å²) in [5.41, 5.74) is 14.4. The second kappa shape index (κ2) is 9.07. The van der Waals surface area contributed by atoms with Crippen molar-refractivity contribution in [2.24, 2.45) is 11.5 Å². The van der Waals surface area contributed by atoms with E-state index in [-0.39, 0.29) is 30.5 Å². The van der Waals surface area contributed by atoms with E-state index >= 15 is 0 Å². The fourth-order valence-corrected chi connectivity index (χ4v) is 3.75. The molecule has 0 spiro atoms. The highest BCUT2D eigenvalue weighted by atomic mass is 16.5. The van der Waals surface area contributed by atoms with Gasteiger partial charge in [0.2, 0.25) is 0 Å². The lowest BCUT2D eigenvalue weighted by Crippen LogP contribution is -2.32. The molecule has 4 rings (SSSR count). The van der Waals surface area contributed by atoms with Crippen LogP contribution in [-0.2, 0) is 11.3 Å². The number of nitrogens with zero attached hydrogens (tertiary/aromatic N) is 2. The summed E-state index contributed by atoms with van der Waals surface area (Å²) >= 11 is 0. The minimum atomic E-state index is -0.377. The minimum Gasteiger partial charge on any atom is -0.394 e. The van der Waals surface area contributed by atoms with Gasteiger partial charge in [0.15, 0.2) is 0 Å². The van der Waals surface area contributed by atoms with Gasteiger partial charge in [0.05, 0.1) is 24.5 Å². The van der Waals surface area contributed by atoms with Gasteiger partial charge in [-0.2, -0.15) is 4.98 Å². The third kappa shape index (κ3) is 4.30. The Kier molecular flexibility index (Phi) is 6.26. The second-order valence-corrected chi connectivity index (χ2v) is 7.65. The zero-order chi connectivity index (χ0) is 21.1. The Morgan fingerprint density at radius 2 is 2.13 bits per heavy atom. The molecule has 3 atom stereocenters. The summed E-state index contributed by atoms with van der Waals surface area (Å²) in [6.45, 7) is 2.20. The molecule has 3 heterocycles. The molecule has 1 aromatic carbocycles. The van der Waals surface area contributed by atoms with E-state index in [1.165, 1.54) is 4.57 Å². The van der Waals surface area contributed by atoms with E-state index in [0.717, 1.165) is 41.8 Å². The summed E-state index contributed by atoms with van der Waals surface area (Å²) in [6.07, 6.45) is 2.69. The van der Waals surface area contributed by atoms with Gasteiger partial charge in [-0.05, 0) is 49.7 Å². The van der Waals surface area contributed by atoms with Gasteiger partial charge in [0.1, 0.15) is 5.65 Å². The smallest absolute Gasteiger partial charge is 0.354 e. The average molecular weight is 412 g/mol. The lowest BCUT2D eigenvalue weighted by Gasteiger charge is -2.11. The normalized spacial score (nSPS) is 21.5. The molecule has 30 heavy (non-hydrogen) atoms. The Hall–Kier alpha value is -2.56. The maximum Gasteiger partial charge on any atom is 0.354 e. The summed E-state index contributed by atoms with van der Waals surface area (Å²) in [5, 5.41) is 13.5. The van der Waals surface area contributed by atoms with Crippen LogP contribution in [0.4, 0.5) is 0 Å². The molecule has 9 heteroatoms. The SMILES string of the molecule is NCCCNCc1ccc(-n2cc3cc(C4C[C@@H](N)[C@@H](CO)O4)[nH]c3nc2=O)cc1. The molecule has 7 N–H and O–H groups in total. The number of nitrogens with one attached hydrogen (secondary N) is 2. The molecule has 0 saturated carbocycles. The first-order chi connectivity index (χ1) is 14.6. The van der Waals surface area contributed by atoms with Crippen LogP contribution in [-0.4, -0.2) is 51.5 Å². The number of hydrogen-bond acceptors (Lipinski definition) is 7. The molecule has 1 aliphatic heterocycles. The molecular weight excluding hydrogens is 384 g/mol. The fraction of sp³-hybridized carbons (Fsp3) is 0.429. The van der Waals surface area contributed by atoms with Crippen molar-refractivity contribution >= 4 is 11.0 Å². The molecule has 9 nitrogen and oxygen atoms in total. The van der Waals surface area contributed by atoms with Crippen LogP contribution in [0.25, 0.3) is 16.7 Å². The van der Waals surface area contributed by atoms with Crippen molar-refractivity contribution in [2.75, 3.05) is 19.7 Å². The van der Waals surface area contributed by atoms with Crippen LogP contribution in [0.5, 0.6) is 0 Å². The Balaban J connectivity index is 1.54. The summed E-state index contributed by atoms with van der Waals surface area (Å²) in [4.78, 5) is 19.9. The van der Waals surface area contributed by atoms with Crippen molar-refractivity contribution in [3.05, 3.63) is 58.3 Å². The van der Waals surface area contributed by atoms with E-state index < -0.39 is 0 Å². The van der Waals surface area contributed by atoms with Crippen molar-refractivity contribution in [2.45, 2.75) is 37.6 Å². The largest absolute Gasteiger partial charge is 0.394 e. The molecule has 3 aromatic rings. The Labute approximate surface area is 174 Å². The van der Waals surface area contributed by atoms with Crippen molar-refractivity contribution in [3.8, 4) is 5.69 Å². The van der Waals surface area contributed by atoms with Gasteiger partial charge in [0, 0.05) is 29.9 Å². The van der Waals surface area contributed by atoms with Crippen molar-refractivity contribution in [1.82, 2.24) is 19.9 Å². The zero-order valence-corrected chi connectivity index (χ0v) is 16.8. The number of aromatic nitrogens is 3. The van der Waals surface area contributed by atoms with Crippen LogP contribution in [0.15, 0.2) is 41.3 Å². The fourth-order valence-electron chi connectivity index (χ4n) is 3.75.